The van der Waals surface area contributed by atoms with Crippen molar-refractivity contribution in [3.63, 3.8) is 0 Å². The van der Waals surface area contributed by atoms with Crippen LogP contribution in [0.3, 0.4) is 0 Å². The van der Waals surface area contributed by atoms with Gasteiger partial charge in [-0.05, 0) is 185 Å². The van der Waals surface area contributed by atoms with Gasteiger partial charge >= 0.3 is 0 Å². The van der Waals surface area contributed by atoms with Crippen molar-refractivity contribution in [1.82, 2.24) is 15.3 Å². The van der Waals surface area contributed by atoms with Crippen molar-refractivity contribution in [1.29, 1.82) is 0 Å². The highest BCUT2D eigenvalue weighted by atomic mass is 16.8. The molecule has 8 aliphatic rings. The van der Waals surface area contributed by atoms with E-state index in [4.69, 9.17) is 34.6 Å². The lowest BCUT2D eigenvalue weighted by atomic mass is 9.63. The molecule has 418 valence electrons. The number of rotatable bonds is 6. The monoisotopic (exact) mass is 1050 g/mol. The molecule has 3 N–H and O–H groups in total. The van der Waals surface area contributed by atoms with Gasteiger partial charge in [-0.1, -0.05) is 91.8 Å². The molecule has 77 heavy (non-hydrogen) atoms. The lowest BCUT2D eigenvalue weighted by molar-refractivity contribution is -0.147. The Morgan fingerprint density at radius 1 is 0.506 bits per heavy atom. The third-order valence-electron chi connectivity index (χ3n) is 19.0. The molecule has 2 aromatic carbocycles. The highest BCUT2D eigenvalue weighted by molar-refractivity contribution is 5.81. The number of aromatic nitrogens is 2. The van der Waals surface area contributed by atoms with E-state index in [2.05, 4.69) is 143 Å². The number of benzene rings is 2. The first-order valence-electron chi connectivity index (χ1n) is 29.8. The van der Waals surface area contributed by atoms with Crippen molar-refractivity contribution >= 4 is 17.4 Å². The van der Waals surface area contributed by atoms with Gasteiger partial charge in [-0.2, -0.15) is 0 Å². The van der Waals surface area contributed by atoms with Crippen LogP contribution in [0.25, 0.3) is 22.5 Å². The van der Waals surface area contributed by atoms with Crippen molar-refractivity contribution in [3.8, 4) is 22.5 Å². The quantitative estimate of drug-likeness (QED) is 0.192. The van der Waals surface area contributed by atoms with Crippen LogP contribution in [0.1, 0.15) is 195 Å². The van der Waals surface area contributed by atoms with Crippen LogP contribution in [0.2, 0.25) is 0 Å². The molecule has 0 amide bonds. The molecule has 0 unspecified atom stereocenters. The predicted molar refractivity (Wildman–Crippen MR) is 312 cm³/mol. The van der Waals surface area contributed by atoms with Crippen molar-refractivity contribution in [2.24, 2.45) is 5.73 Å². The fourth-order valence-corrected chi connectivity index (χ4v) is 14.1. The number of nitrogens with one attached hydrogen (secondary N) is 1. The fourth-order valence-electron chi connectivity index (χ4n) is 14.1. The molecule has 6 heterocycles. The van der Waals surface area contributed by atoms with E-state index in [0.29, 0.717) is 30.7 Å². The summed E-state index contributed by atoms with van der Waals surface area (Å²) in [6.45, 7) is 30.6. The summed E-state index contributed by atoms with van der Waals surface area (Å²) in [6, 6.07) is 27.9. The number of pyridine rings is 2. The van der Waals surface area contributed by atoms with E-state index < -0.39 is 11.6 Å². The molecule has 12 rings (SSSR count). The Hall–Kier alpha value is -4.23. The van der Waals surface area contributed by atoms with E-state index in [1.807, 2.05) is 27.7 Å². The van der Waals surface area contributed by atoms with E-state index in [9.17, 15) is 4.79 Å². The maximum Gasteiger partial charge on any atom is 0.163 e. The van der Waals surface area contributed by atoms with Crippen LogP contribution in [0.15, 0.2) is 72.8 Å². The number of piperidine rings is 2. The van der Waals surface area contributed by atoms with Crippen molar-refractivity contribution in [2.45, 2.75) is 249 Å². The van der Waals surface area contributed by atoms with E-state index >= 15 is 0 Å². The van der Waals surface area contributed by atoms with Gasteiger partial charge in [0, 0.05) is 68.3 Å². The first-order chi connectivity index (χ1) is 36.4. The number of nitrogens with zero attached hydrogens (tertiary/aromatic N) is 4. The highest BCUT2D eigenvalue weighted by Gasteiger charge is 2.48. The molecule has 11 nitrogen and oxygen atoms in total. The number of fused-ring (bicyclic) bond motifs is 4. The second-order valence-corrected chi connectivity index (χ2v) is 27.7. The largest absolute Gasteiger partial charge is 0.356 e. The summed E-state index contributed by atoms with van der Waals surface area (Å²) in [6.07, 6.45) is 16.1. The van der Waals surface area contributed by atoms with E-state index in [1.54, 1.807) is 0 Å². The molecule has 6 atom stereocenters. The summed E-state index contributed by atoms with van der Waals surface area (Å²) in [5.41, 5.74) is 17.3. The van der Waals surface area contributed by atoms with E-state index in [-0.39, 0.29) is 52.1 Å². The molecule has 2 aromatic heterocycles. The average molecular weight is 1050 g/mol. The van der Waals surface area contributed by atoms with Gasteiger partial charge in [0.2, 0.25) is 0 Å². The van der Waals surface area contributed by atoms with Gasteiger partial charge in [0.25, 0.3) is 0 Å². The third kappa shape index (κ3) is 12.4. The van der Waals surface area contributed by atoms with E-state index in [0.717, 1.165) is 81.3 Å². The van der Waals surface area contributed by atoms with Gasteiger partial charge < -0.3 is 39.8 Å². The lowest BCUT2D eigenvalue weighted by Gasteiger charge is -2.42. The van der Waals surface area contributed by atoms with Crippen LogP contribution in [-0.2, 0) is 45.4 Å². The zero-order valence-corrected chi connectivity index (χ0v) is 49.1. The molecule has 4 aliphatic heterocycles. The average Bonchev–Trinajstić information content (AvgIpc) is 3.98. The molecule has 0 spiro atoms. The van der Waals surface area contributed by atoms with Gasteiger partial charge in [-0.3, -0.25) is 4.79 Å². The number of Topliss-reactive ketones (excluding diaryl/α,β-unsaturated/α-hetero) is 1. The Balaban J connectivity index is 0.000000149. The summed E-state index contributed by atoms with van der Waals surface area (Å²) in [5, 5.41) is 3.97. The summed E-state index contributed by atoms with van der Waals surface area (Å²) in [4.78, 5) is 26.3. The molecule has 0 radical (unpaired) electrons. The van der Waals surface area contributed by atoms with Crippen molar-refractivity contribution in [3.05, 3.63) is 95.1 Å². The lowest BCUT2D eigenvalue weighted by Crippen LogP contribution is -2.54. The normalized spacial score (nSPS) is 29.3. The van der Waals surface area contributed by atoms with Crippen LogP contribution in [-0.4, -0.2) is 96.0 Å². The number of anilines is 2. The Morgan fingerprint density at radius 2 is 0.948 bits per heavy atom. The van der Waals surface area contributed by atoms with Crippen LogP contribution < -0.4 is 20.9 Å². The Kier molecular flexibility index (Phi) is 15.8. The minimum atomic E-state index is -0.455. The molecule has 6 fully saturated rings. The number of carbonyl (C=O) groups is 1. The number of ether oxygens (including phenoxy) is 4. The summed E-state index contributed by atoms with van der Waals surface area (Å²) in [7, 11) is 0. The Morgan fingerprint density at radius 3 is 1.44 bits per heavy atom. The summed E-state index contributed by atoms with van der Waals surface area (Å²) < 4.78 is 23.9. The van der Waals surface area contributed by atoms with Gasteiger partial charge in [0.1, 0.15) is 29.6 Å². The van der Waals surface area contributed by atoms with Gasteiger partial charge in [0.05, 0.1) is 23.6 Å². The smallest absolute Gasteiger partial charge is 0.163 e. The minimum absolute atomic E-state index is 0.133. The number of hydrogen-bond acceptors (Lipinski definition) is 11. The second-order valence-electron chi connectivity index (χ2n) is 27.7. The number of nitrogens with two attached hydrogens (primary N) is 1. The highest BCUT2D eigenvalue weighted by Crippen LogP contribution is 2.49. The topological polar surface area (TPSA) is 124 Å². The molecule has 0 bridgehead atoms. The van der Waals surface area contributed by atoms with Crippen LogP contribution in [0, 0.1) is 0 Å². The van der Waals surface area contributed by atoms with Gasteiger partial charge in [0.15, 0.2) is 11.6 Å². The maximum atomic E-state index is 11.5. The molecule has 2 saturated carbocycles. The van der Waals surface area contributed by atoms with Crippen LogP contribution in [0.4, 0.5) is 11.6 Å². The van der Waals surface area contributed by atoms with Gasteiger partial charge in [-0.25, -0.2) is 9.97 Å². The maximum absolute atomic E-state index is 11.5. The third-order valence-corrected chi connectivity index (χ3v) is 19.0. The van der Waals surface area contributed by atoms with Crippen molar-refractivity contribution < 1.29 is 23.7 Å². The van der Waals surface area contributed by atoms with E-state index in [1.165, 1.54) is 78.3 Å². The first kappa shape index (κ1) is 56.1. The summed E-state index contributed by atoms with van der Waals surface area (Å²) >= 11 is 0. The number of ketones is 1. The minimum Gasteiger partial charge on any atom is -0.356 e. The standard InChI is InChI=1S/C33H47N3O2.C24H30N2O.C9H17NO2/c1-31(2)17-18-32(3,4)25-21-22(13-14-24(25)31)26-9-8-12-29(35-26)36-19-15-23(16-20-36)34-27-10-7-11-28-30(27)38-33(5,6)37-28;1-23(2)12-13-24(3,4)20-16-17(8-9-19(20)23)21-6-5-7-22(25-21)26-14-10-18(27)11-15-26;1-9(2)11-7-5-3-4-6(10)8(7)12-9/h8-9,12-14,21,23,27-28,30,34H,7,10-11,15-20H2,1-6H3;5-9,16H,10-15H2,1-4H3;6-8H,3-5,10H2,1-2H3/t27-,28-,30+;;6-,7-,8+/m0.0/s1. The molecular weight excluding hydrogens is 957 g/mol. The van der Waals surface area contributed by atoms with Crippen molar-refractivity contribution in [2.75, 3.05) is 36.0 Å². The van der Waals surface area contributed by atoms with Crippen LogP contribution >= 0.6 is 0 Å². The summed E-state index contributed by atoms with van der Waals surface area (Å²) in [5.74, 6) is 1.57. The molecule has 4 aromatic rings. The second kappa shape index (κ2) is 21.7. The zero-order chi connectivity index (χ0) is 54.7. The number of carbonyl (C=O) groups excluding carboxylic acids is 1. The zero-order valence-electron chi connectivity index (χ0n) is 49.1. The molecular formula is C66H94N6O5. The molecule has 4 saturated heterocycles. The van der Waals surface area contributed by atoms with Gasteiger partial charge in [-0.15, -0.1) is 0 Å². The van der Waals surface area contributed by atoms with Crippen LogP contribution in [0.5, 0.6) is 0 Å². The first-order valence-corrected chi connectivity index (χ1v) is 29.8. The number of hydrogen-bond donors (Lipinski definition) is 2. The Labute approximate surface area is 462 Å². The molecule has 4 aliphatic carbocycles. The fraction of sp³-hybridized carbons (Fsp3) is 0.652. The molecule has 11 heteroatoms. The Bertz CT molecular complexity index is 2730. The SMILES string of the molecule is CC1(C)CCC(C)(C)c2cc(-c3cccc(N4CCC(=O)CC4)n3)ccc21.CC1(C)O[C@@H]2[C@@H](NC3CCN(c4cccc(-c5ccc6c(c5)C(C)(C)CCC6(C)C)n4)CC3)CCC[C@@H]2O1.CC1(C)O[C@H]2[C@H](CCC[C@@H]2N)O1. The predicted octanol–water partition coefficient (Wildman–Crippen LogP) is 13.0.